The van der Waals surface area contributed by atoms with Crippen molar-refractivity contribution in [1.29, 1.82) is 0 Å². The highest BCUT2D eigenvalue weighted by molar-refractivity contribution is 8.00. The zero-order chi connectivity index (χ0) is 17.8. The van der Waals surface area contributed by atoms with Crippen LogP contribution in [0.1, 0.15) is 23.2 Å². The Morgan fingerprint density at radius 3 is 2.04 bits per heavy atom. The molecule has 0 spiro atoms. The van der Waals surface area contributed by atoms with Gasteiger partial charge in [0.05, 0.1) is 32.2 Å². The number of carbonyl (C=O) groups is 1. The minimum Gasteiger partial charge on any atom is -0.490 e. The van der Waals surface area contributed by atoms with Crippen LogP contribution in [-0.2, 0) is 0 Å². The van der Waals surface area contributed by atoms with Gasteiger partial charge in [-0.25, -0.2) is 0 Å². The molecule has 0 aliphatic carbocycles. The van der Waals surface area contributed by atoms with E-state index in [0.29, 0.717) is 49.2 Å². The standard InChI is InChI=1S/C20H20O5S/c21-16(14-3-5-17-19(11-14)24-9-1-7-22-17)13-26-15-4-6-18-20(12-15)25-10-2-8-23-18/h3-6,11-12H,1-2,7-10,13H2. The lowest BCUT2D eigenvalue weighted by molar-refractivity contribution is 0.102. The Bertz CT molecular complexity index is 805. The van der Waals surface area contributed by atoms with Gasteiger partial charge in [-0.15, -0.1) is 11.8 Å². The maximum absolute atomic E-state index is 12.6. The molecule has 2 aromatic carbocycles. The highest BCUT2D eigenvalue weighted by Gasteiger charge is 2.15. The third-order valence-electron chi connectivity index (χ3n) is 4.16. The summed E-state index contributed by atoms with van der Waals surface area (Å²) in [7, 11) is 0. The molecule has 4 rings (SSSR count). The van der Waals surface area contributed by atoms with Crippen molar-refractivity contribution in [3.05, 3.63) is 42.0 Å². The molecule has 0 unspecified atom stereocenters. The quantitative estimate of drug-likeness (QED) is 0.598. The second kappa shape index (κ2) is 7.91. The van der Waals surface area contributed by atoms with Crippen molar-refractivity contribution in [3.63, 3.8) is 0 Å². The predicted octanol–water partition coefficient (Wildman–Crippen LogP) is 3.98. The molecule has 0 bridgehead atoms. The summed E-state index contributed by atoms with van der Waals surface area (Å²) in [6, 6.07) is 11.2. The van der Waals surface area contributed by atoms with Crippen molar-refractivity contribution in [3.8, 4) is 23.0 Å². The van der Waals surface area contributed by atoms with Gasteiger partial charge in [-0.1, -0.05) is 0 Å². The number of ketones is 1. The van der Waals surface area contributed by atoms with Gasteiger partial charge in [-0.3, -0.25) is 4.79 Å². The fraction of sp³-hybridized carbons (Fsp3) is 0.350. The molecule has 0 atom stereocenters. The van der Waals surface area contributed by atoms with Crippen LogP contribution in [0, 0.1) is 0 Å². The smallest absolute Gasteiger partial charge is 0.173 e. The highest BCUT2D eigenvalue weighted by atomic mass is 32.2. The van der Waals surface area contributed by atoms with Crippen LogP contribution in [-0.4, -0.2) is 38.0 Å². The van der Waals surface area contributed by atoms with E-state index >= 15 is 0 Å². The average molecular weight is 372 g/mol. The third-order valence-corrected chi connectivity index (χ3v) is 5.15. The van der Waals surface area contributed by atoms with Crippen molar-refractivity contribution in [2.45, 2.75) is 17.7 Å². The SMILES string of the molecule is O=C(CSc1ccc2c(c1)OCCCO2)c1ccc2c(c1)OCCCO2. The maximum Gasteiger partial charge on any atom is 0.173 e. The Kier molecular flexibility index (Phi) is 5.20. The molecule has 26 heavy (non-hydrogen) atoms. The largest absolute Gasteiger partial charge is 0.490 e. The van der Waals surface area contributed by atoms with Gasteiger partial charge >= 0.3 is 0 Å². The van der Waals surface area contributed by atoms with Crippen LogP contribution in [0.5, 0.6) is 23.0 Å². The lowest BCUT2D eigenvalue weighted by atomic mass is 10.1. The van der Waals surface area contributed by atoms with Gasteiger partial charge < -0.3 is 18.9 Å². The van der Waals surface area contributed by atoms with Gasteiger partial charge in [0.2, 0.25) is 0 Å². The summed E-state index contributed by atoms with van der Waals surface area (Å²) in [6.45, 7) is 2.57. The number of thioether (sulfide) groups is 1. The molecule has 136 valence electrons. The number of carbonyl (C=O) groups excluding carboxylic acids is 1. The van der Waals surface area contributed by atoms with Gasteiger partial charge in [-0.05, 0) is 36.4 Å². The number of ether oxygens (including phenoxy) is 4. The minimum absolute atomic E-state index is 0.0535. The molecule has 0 N–H and O–H groups in total. The highest BCUT2D eigenvalue weighted by Crippen LogP contribution is 2.35. The monoisotopic (exact) mass is 372 g/mol. The molecule has 6 heteroatoms. The van der Waals surface area contributed by atoms with E-state index in [1.165, 1.54) is 11.8 Å². The van der Waals surface area contributed by atoms with Gasteiger partial charge in [0.25, 0.3) is 0 Å². The van der Waals surface area contributed by atoms with Crippen molar-refractivity contribution >= 4 is 17.5 Å². The number of Topliss-reactive ketones (excluding diaryl/α,β-unsaturated/α-hetero) is 1. The number of hydrogen-bond acceptors (Lipinski definition) is 6. The van der Waals surface area contributed by atoms with Crippen molar-refractivity contribution in [1.82, 2.24) is 0 Å². The van der Waals surface area contributed by atoms with E-state index in [4.69, 9.17) is 18.9 Å². The van der Waals surface area contributed by atoms with Crippen LogP contribution in [0.3, 0.4) is 0 Å². The van der Waals surface area contributed by atoms with E-state index in [1.54, 1.807) is 12.1 Å². The Hall–Kier alpha value is -2.34. The minimum atomic E-state index is 0.0535. The van der Waals surface area contributed by atoms with Crippen LogP contribution in [0.15, 0.2) is 41.3 Å². The van der Waals surface area contributed by atoms with Crippen molar-refractivity contribution in [2.24, 2.45) is 0 Å². The van der Waals surface area contributed by atoms with Gasteiger partial charge in [0, 0.05) is 23.3 Å². The molecule has 0 radical (unpaired) electrons. The summed E-state index contributed by atoms with van der Waals surface area (Å²) in [4.78, 5) is 13.5. The number of hydrogen-bond donors (Lipinski definition) is 0. The van der Waals surface area contributed by atoms with Crippen LogP contribution in [0.2, 0.25) is 0 Å². The van der Waals surface area contributed by atoms with Gasteiger partial charge in [0.1, 0.15) is 0 Å². The summed E-state index contributed by atoms with van der Waals surface area (Å²) in [5.41, 5.74) is 0.635. The first-order valence-electron chi connectivity index (χ1n) is 8.75. The summed E-state index contributed by atoms with van der Waals surface area (Å²) in [5.74, 6) is 3.26. The van der Waals surface area contributed by atoms with E-state index in [2.05, 4.69) is 0 Å². The first kappa shape index (κ1) is 17.1. The topological polar surface area (TPSA) is 54.0 Å². The van der Waals surface area contributed by atoms with Crippen molar-refractivity contribution in [2.75, 3.05) is 32.2 Å². The second-order valence-electron chi connectivity index (χ2n) is 6.08. The number of fused-ring (bicyclic) bond motifs is 2. The average Bonchev–Trinajstić information content (AvgIpc) is 3.05. The normalized spacial score (nSPS) is 15.7. The first-order valence-corrected chi connectivity index (χ1v) is 9.73. The lowest BCUT2D eigenvalue weighted by Crippen LogP contribution is -2.03. The molecule has 2 aliphatic heterocycles. The summed E-state index contributed by atoms with van der Waals surface area (Å²) >= 11 is 1.49. The van der Waals surface area contributed by atoms with Gasteiger partial charge in [-0.2, -0.15) is 0 Å². The molecule has 0 saturated carbocycles. The molecule has 2 aromatic rings. The fourth-order valence-electron chi connectivity index (χ4n) is 2.80. The summed E-state index contributed by atoms with van der Waals surface area (Å²) in [6.07, 6.45) is 1.72. The molecule has 2 aliphatic rings. The Labute approximate surface area is 156 Å². The molecule has 5 nitrogen and oxygen atoms in total. The van der Waals surface area contributed by atoms with E-state index in [-0.39, 0.29) is 5.78 Å². The first-order chi connectivity index (χ1) is 12.8. The van der Waals surface area contributed by atoms with Crippen molar-refractivity contribution < 1.29 is 23.7 Å². The summed E-state index contributed by atoms with van der Waals surface area (Å²) in [5, 5.41) is 0. The Balaban J connectivity index is 1.42. The number of benzene rings is 2. The van der Waals surface area contributed by atoms with E-state index < -0.39 is 0 Å². The van der Waals surface area contributed by atoms with Crippen LogP contribution >= 0.6 is 11.8 Å². The molecule has 2 heterocycles. The second-order valence-corrected chi connectivity index (χ2v) is 7.13. The zero-order valence-electron chi connectivity index (χ0n) is 14.4. The van der Waals surface area contributed by atoms with Crippen LogP contribution < -0.4 is 18.9 Å². The molecule has 0 fully saturated rings. The summed E-state index contributed by atoms with van der Waals surface area (Å²) < 4.78 is 22.6. The van der Waals surface area contributed by atoms with Gasteiger partial charge in [0.15, 0.2) is 28.8 Å². The molecule has 0 aromatic heterocycles. The van der Waals surface area contributed by atoms with Crippen LogP contribution in [0.25, 0.3) is 0 Å². The Morgan fingerprint density at radius 1 is 0.769 bits per heavy atom. The van der Waals surface area contributed by atoms with E-state index in [0.717, 1.165) is 29.2 Å². The Morgan fingerprint density at radius 2 is 1.35 bits per heavy atom. The zero-order valence-corrected chi connectivity index (χ0v) is 15.2. The molecule has 0 saturated heterocycles. The molecular weight excluding hydrogens is 352 g/mol. The number of rotatable bonds is 4. The molecular formula is C20H20O5S. The maximum atomic E-state index is 12.6. The fourth-order valence-corrected chi connectivity index (χ4v) is 3.62. The lowest BCUT2D eigenvalue weighted by Gasteiger charge is -2.10. The van der Waals surface area contributed by atoms with E-state index in [9.17, 15) is 4.79 Å². The predicted molar refractivity (Wildman–Crippen MR) is 99.2 cm³/mol. The molecule has 0 amide bonds. The van der Waals surface area contributed by atoms with E-state index in [1.807, 2.05) is 24.3 Å². The third kappa shape index (κ3) is 3.90. The van der Waals surface area contributed by atoms with Crippen LogP contribution in [0.4, 0.5) is 0 Å².